The average Bonchev–Trinajstić information content (AvgIpc) is 2.66. The number of anilines is 1. The van der Waals surface area contributed by atoms with Crippen molar-refractivity contribution < 1.29 is 18.3 Å². The van der Waals surface area contributed by atoms with Gasteiger partial charge in [0.2, 0.25) is 0 Å². The van der Waals surface area contributed by atoms with Gasteiger partial charge < -0.3 is 15.0 Å². The number of hydrogen-bond donors (Lipinski definition) is 2. The SMILES string of the molecule is O=C(O)CN(c1cc(=O)[nH]cn1)C1CCS(=O)(=O)C1. The van der Waals surface area contributed by atoms with Gasteiger partial charge in [-0.15, -0.1) is 0 Å². The molecule has 2 N–H and O–H groups in total. The van der Waals surface area contributed by atoms with Crippen LogP contribution in [0.25, 0.3) is 0 Å². The van der Waals surface area contributed by atoms with Crippen molar-refractivity contribution in [3.8, 4) is 0 Å². The summed E-state index contributed by atoms with van der Waals surface area (Å²) in [7, 11) is -3.14. The molecule has 0 spiro atoms. The van der Waals surface area contributed by atoms with Gasteiger partial charge in [-0.2, -0.15) is 0 Å². The number of nitrogens with zero attached hydrogens (tertiary/aromatic N) is 2. The zero-order valence-corrected chi connectivity index (χ0v) is 10.8. The molecule has 1 fully saturated rings. The summed E-state index contributed by atoms with van der Waals surface area (Å²) < 4.78 is 22.9. The van der Waals surface area contributed by atoms with Crippen molar-refractivity contribution in [2.45, 2.75) is 12.5 Å². The minimum Gasteiger partial charge on any atom is -0.480 e. The average molecular weight is 287 g/mol. The van der Waals surface area contributed by atoms with Crippen LogP contribution in [0.5, 0.6) is 0 Å². The molecule has 1 aromatic heterocycles. The highest BCUT2D eigenvalue weighted by molar-refractivity contribution is 7.91. The van der Waals surface area contributed by atoms with E-state index < -0.39 is 34.0 Å². The molecule has 9 heteroatoms. The van der Waals surface area contributed by atoms with E-state index in [4.69, 9.17) is 5.11 Å². The van der Waals surface area contributed by atoms with Gasteiger partial charge in [-0.25, -0.2) is 13.4 Å². The van der Waals surface area contributed by atoms with Gasteiger partial charge in [-0.05, 0) is 6.42 Å². The molecule has 1 atom stereocenters. The lowest BCUT2D eigenvalue weighted by atomic mass is 10.2. The molecular formula is C10H13N3O5S. The number of hydrogen-bond acceptors (Lipinski definition) is 6. The Morgan fingerprint density at radius 3 is 2.84 bits per heavy atom. The molecule has 1 saturated heterocycles. The summed E-state index contributed by atoms with van der Waals surface area (Å²) in [5.74, 6) is -1.02. The Labute approximate surface area is 109 Å². The number of carbonyl (C=O) groups is 1. The topological polar surface area (TPSA) is 120 Å². The van der Waals surface area contributed by atoms with Crippen molar-refractivity contribution >= 4 is 21.6 Å². The number of carboxylic acid groups (broad SMARTS) is 1. The third kappa shape index (κ3) is 3.31. The molecule has 0 aromatic carbocycles. The molecule has 1 aliphatic rings. The molecule has 1 unspecified atom stereocenters. The second-order valence-corrected chi connectivity index (χ2v) is 6.58. The summed E-state index contributed by atoms with van der Waals surface area (Å²) >= 11 is 0. The Hall–Kier alpha value is -1.90. The number of aliphatic carboxylic acids is 1. The van der Waals surface area contributed by atoms with Gasteiger partial charge in [0.15, 0.2) is 9.84 Å². The minimum atomic E-state index is -3.14. The molecule has 2 heterocycles. The predicted octanol–water partition coefficient (Wildman–Crippen LogP) is -1.15. The first kappa shape index (κ1) is 13.5. The van der Waals surface area contributed by atoms with Crippen LogP contribution in [0.2, 0.25) is 0 Å². The number of carboxylic acids is 1. The van der Waals surface area contributed by atoms with Crippen molar-refractivity contribution in [3.63, 3.8) is 0 Å². The Morgan fingerprint density at radius 1 is 1.58 bits per heavy atom. The van der Waals surface area contributed by atoms with E-state index in [1.807, 2.05) is 0 Å². The van der Waals surface area contributed by atoms with Crippen molar-refractivity contribution in [2.75, 3.05) is 23.0 Å². The molecule has 0 amide bonds. The van der Waals surface area contributed by atoms with Crippen LogP contribution < -0.4 is 10.5 Å². The van der Waals surface area contributed by atoms with Crippen molar-refractivity contribution in [3.05, 3.63) is 22.7 Å². The van der Waals surface area contributed by atoms with Crippen LogP contribution in [0.3, 0.4) is 0 Å². The molecule has 1 aromatic rings. The smallest absolute Gasteiger partial charge is 0.323 e. The summed E-state index contributed by atoms with van der Waals surface area (Å²) in [5, 5.41) is 8.90. The van der Waals surface area contributed by atoms with Crippen LogP contribution in [0, 0.1) is 0 Å². The van der Waals surface area contributed by atoms with Crippen LogP contribution in [0.15, 0.2) is 17.2 Å². The maximum absolute atomic E-state index is 11.5. The van der Waals surface area contributed by atoms with Crippen LogP contribution in [0.1, 0.15) is 6.42 Å². The van der Waals surface area contributed by atoms with Crippen LogP contribution >= 0.6 is 0 Å². The molecule has 104 valence electrons. The quantitative estimate of drug-likeness (QED) is 0.717. The van der Waals surface area contributed by atoms with E-state index in [2.05, 4.69) is 9.97 Å². The van der Waals surface area contributed by atoms with E-state index in [-0.39, 0.29) is 17.3 Å². The highest BCUT2D eigenvalue weighted by Gasteiger charge is 2.33. The fourth-order valence-electron chi connectivity index (χ4n) is 2.08. The van der Waals surface area contributed by atoms with Gasteiger partial charge >= 0.3 is 5.97 Å². The Morgan fingerprint density at radius 2 is 2.32 bits per heavy atom. The van der Waals surface area contributed by atoms with E-state index in [1.54, 1.807) is 0 Å². The lowest BCUT2D eigenvalue weighted by Crippen LogP contribution is -2.41. The first-order valence-corrected chi connectivity index (χ1v) is 7.43. The van der Waals surface area contributed by atoms with Crippen LogP contribution in [0.4, 0.5) is 5.82 Å². The number of sulfone groups is 1. The van der Waals surface area contributed by atoms with E-state index >= 15 is 0 Å². The molecule has 19 heavy (non-hydrogen) atoms. The van der Waals surface area contributed by atoms with Gasteiger partial charge in [0, 0.05) is 12.1 Å². The highest BCUT2D eigenvalue weighted by Crippen LogP contribution is 2.21. The van der Waals surface area contributed by atoms with E-state index in [0.29, 0.717) is 6.42 Å². The molecule has 1 aliphatic heterocycles. The second kappa shape index (κ2) is 5.00. The second-order valence-electron chi connectivity index (χ2n) is 4.35. The first-order valence-electron chi connectivity index (χ1n) is 5.61. The van der Waals surface area contributed by atoms with Crippen LogP contribution in [-0.4, -0.2) is 53.6 Å². The maximum Gasteiger partial charge on any atom is 0.323 e. The number of rotatable bonds is 4. The molecular weight excluding hydrogens is 274 g/mol. The van der Waals surface area contributed by atoms with Gasteiger partial charge in [-0.1, -0.05) is 0 Å². The number of aromatic nitrogens is 2. The summed E-state index contributed by atoms with van der Waals surface area (Å²) in [6.45, 7) is -0.392. The molecule has 0 aliphatic carbocycles. The molecule has 2 rings (SSSR count). The van der Waals surface area contributed by atoms with Crippen LogP contribution in [-0.2, 0) is 14.6 Å². The molecule has 0 bridgehead atoms. The zero-order valence-electron chi connectivity index (χ0n) is 9.94. The van der Waals surface area contributed by atoms with Gasteiger partial charge in [0.1, 0.15) is 12.4 Å². The standard InChI is InChI=1S/C10H13N3O5S/c14-9-3-8(11-6-12-9)13(4-10(15)16)7-1-2-19(17,18)5-7/h3,6-7H,1-2,4-5H2,(H,15,16)(H,11,12,14). The summed E-state index contributed by atoms with van der Waals surface area (Å²) in [6, 6.07) is 0.698. The fourth-order valence-corrected chi connectivity index (χ4v) is 3.81. The summed E-state index contributed by atoms with van der Waals surface area (Å²) in [6.07, 6.45) is 1.50. The summed E-state index contributed by atoms with van der Waals surface area (Å²) in [4.78, 5) is 29.7. The Kier molecular flexibility index (Phi) is 3.56. The third-order valence-electron chi connectivity index (χ3n) is 2.91. The number of H-pyrrole nitrogens is 1. The van der Waals surface area contributed by atoms with E-state index in [0.717, 1.165) is 12.4 Å². The lowest BCUT2D eigenvalue weighted by molar-refractivity contribution is -0.135. The number of aromatic amines is 1. The van der Waals surface area contributed by atoms with Gasteiger partial charge in [0.05, 0.1) is 17.8 Å². The molecule has 0 radical (unpaired) electrons. The minimum absolute atomic E-state index is 0.0248. The third-order valence-corrected chi connectivity index (χ3v) is 4.66. The van der Waals surface area contributed by atoms with Crippen molar-refractivity contribution in [2.24, 2.45) is 0 Å². The van der Waals surface area contributed by atoms with Gasteiger partial charge in [0.25, 0.3) is 5.56 Å². The molecule has 8 nitrogen and oxygen atoms in total. The number of nitrogens with one attached hydrogen (secondary N) is 1. The van der Waals surface area contributed by atoms with Gasteiger partial charge in [-0.3, -0.25) is 9.59 Å². The lowest BCUT2D eigenvalue weighted by Gasteiger charge is -2.27. The molecule has 0 saturated carbocycles. The zero-order chi connectivity index (χ0) is 14.0. The monoisotopic (exact) mass is 287 g/mol. The normalized spacial score (nSPS) is 21.2. The largest absolute Gasteiger partial charge is 0.480 e. The van der Waals surface area contributed by atoms with E-state index in [9.17, 15) is 18.0 Å². The first-order chi connectivity index (χ1) is 8.87. The van der Waals surface area contributed by atoms with Crippen molar-refractivity contribution in [1.82, 2.24) is 9.97 Å². The maximum atomic E-state index is 11.5. The van der Waals surface area contributed by atoms with E-state index in [1.165, 1.54) is 4.90 Å². The predicted molar refractivity (Wildman–Crippen MR) is 66.9 cm³/mol. The Balaban J connectivity index is 2.31. The summed E-state index contributed by atoms with van der Waals surface area (Å²) in [5.41, 5.74) is -0.416. The highest BCUT2D eigenvalue weighted by atomic mass is 32.2. The fraction of sp³-hybridized carbons (Fsp3) is 0.500. The van der Waals surface area contributed by atoms with Crippen molar-refractivity contribution in [1.29, 1.82) is 0 Å². The Bertz CT molecular complexity index is 639.